The van der Waals surface area contributed by atoms with Gasteiger partial charge in [-0.3, -0.25) is 4.79 Å². The molecule has 0 atom stereocenters. The van der Waals surface area contributed by atoms with Crippen molar-refractivity contribution in [2.75, 3.05) is 5.32 Å². The van der Waals surface area contributed by atoms with Crippen molar-refractivity contribution in [3.63, 3.8) is 0 Å². The number of carbonyl (C=O) groups excluding carboxylic acids is 1. The third-order valence-electron chi connectivity index (χ3n) is 4.48. The molecule has 0 bridgehead atoms. The Kier molecular flexibility index (Phi) is 4.82. The first-order valence-corrected chi connectivity index (χ1v) is 8.73. The molecule has 0 radical (unpaired) electrons. The number of rotatable bonds is 4. The molecule has 6 nitrogen and oxygen atoms in total. The molecule has 0 aliphatic rings. The molecule has 0 aliphatic carbocycles. The van der Waals surface area contributed by atoms with Crippen LogP contribution in [0.15, 0.2) is 60.7 Å². The summed E-state index contributed by atoms with van der Waals surface area (Å²) in [5, 5.41) is 16.5. The van der Waals surface area contributed by atoms with Crippen LogP contribution in [0.4, 0.5) is 14.5 Å². The number of nitrogens with zero attached hydrogens (tertiary/aromatic N) is 3. The van der Waals surface area contributed by atoms with Gasteiger partial charge >= 0.3 is 0 Å². The minimum Gasteiger partial charge on any atom is -0.322 e. The Hall–Kier alpha value is -3.94. The van der Waals surface area contributed by atoms with E-state index in [1.807, 2.05) is 37.3 Å². The van der Waals surface area contributed by atoms with E-state index in [1.54, 1.807) is 12.1 Å². The Balaban J connectivity index is 1.59. The van der Waals surface area contributed by atoms with Crippen LogP contribution in [0.25, 0.3) is 22.5 Å². The van der Waals surface area contributed by atoms with E-state index in [4.69, 9.17) is 0 Å². The first-order chi connectivity index (χ1) is 14.0. The fraction of sp³-hybridized carbons (Fsp3) is 0.0476. The summed E-state index contributed by atoms with van der Waals surface area (Å²) in [6, 6.07) is 16.1. The van der Waals surface area contributed by atoms with Crippen LogP contribution in [0.2, 0.25) is 0 Å². The fourth-order valence-electron chi connectivity index (χ4n) is 3.00. The number of halogens is 2. The highest BCUT2D eigenvalue weighted by Crippen LogP contribution is 2.29. The van der Waals surface area contributed by atoms with Gasteiger partial charge in [-0.15, -0.1) is 10.2 Å². The standard InChI is InChI=1S/C21H15F2N5O/c1-12-5-6-14(20-25-27-28-26-20)11-16(12)13-7-9-15(10-8-13)24-21(29)19-17(22)3-2-4-18(19)23/h2-11H,1H3,(H,24,29)(H,25,26,27,28). The molecule has 1 heterocycles. The second-order valence-electron chi connectivity index (χ2n) is 6.39. The van der Waals surface area contributed by atoms with Gasteiger partial charge < -0.3 is 5.32 Å². The van der Waals surface area contributed by atoms with Crippen LogP contribution in [0.1, 0.15) is 15.9 Å². The zero-order valence-corrected chi connectivity index (χ0v) is 15.3. The average molecular weight is 391 g/mol. The number of anilines is 1. The summed E-state index contributed by atoms with van der Waals surface area (Å²) >= 11 is 0. The van der Waals surface area contributed by atoms with Crippen molar-refractivity contribution >= 4 is 11.6 Å². The molecule has 4 aromatic rings. The van der Waals surface area contributed by atoms with Crippen LogP contribution < -0.4 is 5.32 Å². The molecule has 0 unspecified atom stereocenters. The van der Waals surface area contributed by atoms with Gasteiger partial charge in [0, 0.05) is 11.3 Å². The lowest BCUT2D eigenvalue weighted by molar-refractivity contribution is 0.101. The largest absolute Gasteiger partial charge is 0.322 e. The van der Waals surface area contributed by atoms with E-state index in [2.05, 4.69) is 25.9 Å². The lowest BCUT2D eigenvalue weighted by Gasteiger charge is -2.10. The predicted octanol–water partition coefficient (Wildman–Crippen LogP) is 4.37. The third kappa shape index (κ3) is 3.73. The quantitative estimate of drug-likeness (QED) is 0.541. The van der Waals surface area contributed by atoms with E-state index >= 15 is 0 Å². The van der Waals surface area contributed by atoms with E-state index in [1.165, 1.54) is 6.07 Å². The molecule has 0 saturated carbocycles. The van der Waals surface area contributed by atoms with E-state index < -0.39 is 23.1 Å². The molecule has 2 N–H and O–H groups in total. The van der Waals surface area contributed by atoms with Crippen LogP contribution in [0, 0.1) is 18.6 Å². The SMILES string of the molecule is Cc1ccc(-c2nn[nH]n2)cc1-c1ccc(NC(=O)c2c(F)cccc2F)cc1. The molecule has 0 aliphatic heterocycles. The Bertz CT molecular complexity index is 1150. The highest BCUT2D eigenvalue weighted by Gasteiger charge is 2.17. The van der Waals surface area contributed by atoms with E-state index in [-0.39, 0.29) is 0 Å². The minimum atomic E-state index is -0.909. The molecule has 3 aromatic carbocycles. The first-order valence-electron chi connectivity index (χ1n) is 8.73. The summed E-state index contributed by atoms with van der Waals surface area (Å²) in [7, 11) is 0. The van der Waals surface area contributed by atoms with Crippen molar-refractivity contribution in [3.05, 3.63) is 83.4 Å². The number of carbonyl (C=O) groups is 1. The predicted molar refractivity (Wildman–Crippen MR) is 104 cm³/mol. The van der Waals surface area contributed by atoms with Gasteiger partial charge in [0.25, 0.3) is 5.91 Å². The van der Waals surface area contributed by atoms with E-state index in [0.717, 1.165) is 34.4 Å². The van der Waals surface area contributed by atoms with Crippen molar-refractivity contribution in [1.29, 1.82) is 0 Å². The average Bonchev–Trinajstić information content (AvgIpc) is 3.24. The Morgan fingerprint density at radius 1 is 0.966 bits per heavy atom. The van der Waals surface area contributed by atoms with Crippen molar-refractivity contribution in [1.82, 2.24) is 20.6 Å². The van der Waals surface area contributed by atoms with Crippen LogP contribution >= 0.6 is 0 Å². The Morgan fingerprint density at radius 3 is 2.31 bits per heavy atom. The summed E-state index contributed by atoms with van der Waals surface area (Å²) < 4.78 is 27.5. The molecule has 29 heavy (non-hydrogen) atoms. The van der Waals surface area contributed by atoms with Crippen molar-refractivity contribution in [2.24, 2.45) is 0 Å². The normalized spacial score (nSPS) is 10.7. The van der Waals surface area contributed by atoms with Gasteiger partial charge in [0.1, 0.15) is 17.2 Å². The molecule has 8 heteroatoms. The van der Waals surface area contributed by atoms with Gasteiger partial charge in [0.05, 0.1) is 0 Å². The number of amides is 1. The molecule has 144 valence electrons. The van der Waals surface area contributed by atoms with Crippen LogP contribution in [-0.2, 0) is 0 Å². The summed E-state index contributed by atoms with van der Waals surface area (Å²) in [6.07, 6.45) is 0. The van der Waals surface area contributed by atoms with Crippen molar-refractivity contribution in [2.45, 2.75) is 6.92 Å². The van der Waals surface area contributed by atoms with E-state index in [9.17, 15) is 13.6 Å². The second-order valence-corrected chi connectivity index (χ2v) is 6.39. The van der Waals surface area contributed by atoms with Gasteiger partial charge in [0.15, 0.2) is 0 Å². The van der Waals surface area contributed by atoms with Crippen molar-refractivity contribution in [3.8, 4) is 22.5 Å². The molecule has 0 spiro atoms. The number of hydrogen-bond donors (Lipinski definition) is 2. The highest BCUT2D eigenvalue weighted by molar-refractivity contribution is 6.04. The van der Waals surface area contributed by atoms with Gasteiger partial charge in [-0.2, -0.15) is 5.21 Å². The van der Waals surface area contributed by atoms with Gasteiger partial charge in [-0.25, -0.2) is 8.78 Å². The number of hydrogen-bond acceptors (Lipinski definition) is 4. The fourth-order valence-corrected chi connectivity index (χ4v) is 3.00. The lowest BCUT2D eigenvalue weighted by atomic mass is 9.97. The number of benzene rings is 3. The number of aromatic amines is 1. The zero-order valence-electron chi connectivity index (χ0n) is 15.3. The van der Waals surface area contributed by atoms with E-state index in [0.29, 0.717) is 11.5 Å². The summed E-state index contributed by atoms with van der Waals surface area (Å²) in [5.74, 6) is -2.17. The minimum absolute atomic E-state index is 0.424. The Morgan fingerprint density at radius 2 is 1.66 bits per heavy atom. The highest BCUT2D eigenvalue weighted by atomic mass is 19.1. The number of aromatic nitrogens is 4. The first kappa shape index (κ1) is 18.4. The number of tetrazole rings is 1. The van der Waals surface area contributed by atoms with Gasteiger partial charge in [-0.1, -0.05) is 30.3 Å². The summed E-state index contributed by atoms with van der Waals surface area (Å²) in [5.41, 5.74) is 3.54. The maximum absolute atomic E-state index is 13.8. The zero-order chi connectivity index (χ0) is 20.4. The number of H-pyrrole nitrogens is 1. The topological polar surface area (TPSA) is 83.6 Å². The third-order valence-corrected chi connectivity index (χ3v) is 4.48. The molecule has 0 fully saturated rings. The number of nitrogens with one attached hydrogen (secondary N) is 2. The number of aryl methyl sites for hydroxylation is 1. The maximum Gasteiger partial charge on any atom is 0.261 e. The maximum atomic E-state index is 13.8. The monoisotopic (exact) mass is 391 g/mol. The molecule has 0 saturated heterocycles. The lowest BCUT2D eigenvalue weighted by Crippen LogP contribution is -2.15. The molecule has 1 aromatic heterocycles. The molecule has 4 rings (SSSR count). The van der Waals surface area contributed by atoms with Gasteiger partial charge in [0.2, 0.25) is 5.82 Å². The molecular formula is C21H15F2N5O. The van der Waals surface area contributed by atoms with Gasteiger partial charge in [-0.05, 0) is 59.2 Å². The molecule has 1 amide bonds. The van der Waals surface area contributed by atoms with Crippen LogP contribution in [-0.4, -0.2) is 26.5 Å². The van der Waals surface area contributed by atoms with Crippen LogP contribution in [0.5, 0.6) is 0 Å². The summed E-state index contributed by atoms with van der Waals surface area (Å²) in [4.78, 5) is 12.2. The van der Waals surface area contributed by atoms with Crippen LogP contribution in [0.3, 0.4) is 0 Å². The smallest absolute Gasteiger partial charge is 0.261 e. The Labute approximate surface area is 164 Å². The summed E-state index contributed by atoms with van der Waals surface area (Å²) in [6.45, 7) is 1.98. The second kappa shape index (κ2) is 7.59. The molecular weight excluding hydrogens is 376 g/mol. The van der Waals surface area contributed by atoms with Crippen molar-refractivity contribution < 1.29 is 13.6 Å².